The number of nitrogens with zero attached hydrogens (tertiary/aromatic N) is 1. The van der Waals surface area contributed by atoms with Gasteiger partial charge >= 0.3 is 11.9 Å². The molecule has 0 bridgehead atoms. The maximum Gasteiger partial charge on any atom is 0.338 e. The smallest absolute Gasteiger partial charge is 0.338 e. The fourth-order valence-corrected chi connectivity index (χ4v) is 3.62. The third-order valence-electron chi connectivity index (χ3n) is 5.18. The molecule has 0 unspecified atom stereocenters. The van der Waals surface area contributed by atoms with E-state index >= 15 is 0 Å². The zero-order valence-corrected chi connectivity index (χ0v) is 20.6. The lowest BCUT2D eigenvalue weighted by molar-refractivity contribution is -0.141. The van der Waals surface area contributed by atoms with E-state index in [0.29, 0.717) is 11.1 Å². The van der Waals surface area contributed by atoms with Crippen LogP contribution in [0.25, 0.3) is 11.1 Å². The molecule has 0 atom stereocenters. The van der Waals surface area contributed by atoms with Crippen LogP contribution in [0.1, 0.15) is 32.7 Å². The normalized spacial score (nSPS) is 10.5. The Labute approximate surface area is 215 Å². The summed E-state index contributed by atoms with van der Waals surface area (Å²) >= 11 is 0.946. The highest BCUT2D eigenvalue weighted by molar-refractivity contribution is 7.99. The lowest BCUT2D eigenvalue weighted by Gasteiger charge is -2.12. The number of benzene rings is 2. The molecule has 0 amide bonds. The molecular weight excluding hydrogens is 506 g/mol. The van der Waals surface area contributed by atoms with Crippen molar-refractivity contribution < 1.29 is 32.6 Å². The molecule has 0 aliphatic rings. The van der Waals surface area contributed by atoms with Crippen molar-refractivity contribution >= 4 is 46.9 Å². The minimum atomic E-state index is -1.12. The number of hydrogen-bond donors (Lipinski definition) is 3. The predicted molar refractivity (Wildman–Crippen MR) is 136 cm³/mol. The van der Waals surface area contributed by atoms with E-state index in [4.69, 9.17) is 15.9 Å². The second-order valence-electron chi connectivity index (χ2n) is 7.49. The average Bonchev–Trinajstić information content (AvgIpc) is 2.90. The van der Waals surface area contributed by atoms with E-state index in [2.05, 4.69) is 14.4 Å². The number of rotatable bonds is 10. The third kappa shape index (κ3) is 6.28. The van der Waals surface area contributed by atoms with E-state index < -0.39 is 46.3 Å². The van der Waals surface area contributed by atoms with Crippen LogP contribution in [-0.4, -0.2) is 48.4 Å². The number of methoxy groups -OCH3 is 1. The molecule has 0 aliphatic heterocycles. The number of Topliss-reactive ketones (excluding diaryl/α,β-unsaturated/α-hetero) is 1. The van der Waals surface area contributed by atoms with Crippen molar-refractivity contribution in [3.05, 3.63) is 77.0 Å². The van der Waals surface area contributed by atoms with Gasteiger partial charge in [-0.2, -0.15) is 0 Å². The van der Waals surface area contributed by atoms with Crippen LogP contribution in [0.3, 0.4) is 0 Å². The van der Waals surface area contributed by atoms with Crippen LogP contribution in [0, 0.1) is 17.0 Å². The number of esters is 2. The third-order valence-corrected chi connectivity index (χ3v) is 5.58. The summed E-state index contributed by atoms with van der Waals surface area (Å²) in [5.41, 5.74) is 5.53. The lowest BCUT2D eigenvalue weighted by atomic mass is 9.97. The van der Waals surface area contributed by atoms with E-state index in [-0.39, 0.29) is 30.0 Å². The molecule has 3 rings (SSSR count). The van der Waals surface area contributed by atoms with Gasteiger partial charge in [-0.1, -0.05) is 24.1 Å². The van der Waals surface area contributed by atoms with Crippen molar-refractivity contribution in [1.82, 2.24) is 4.98 Å². The van der Waals surface area contributed by atoms with Crippen LogP contribution in [0.4, 0.5) is 20.3 Å². The van der Waals surface area contributed by atoms with E-state index in [1.54, 1.807) is 18.4 Å². The molecule has 192 valence electrons. The Hall–Kier alpha value is -4.32. The molecule has 1 heterocycles. The Morgan fingerprint density at radius 3 is 2.43 bits per heavy atom. The molecule has 12 heteroatoms. The fourth-order valence-electron chi connectivity index (χ4n) is 3.23. The second-order valence-corrected chi connectivity index (χ2v) is 8.10. The number of carbonyl (C=O) groups is 3. The van der Waals surface area contributed by atoms with Gasteiger partial charge in [0.05, 0.1) is 24.7 Å². The number of nitrogens with one attached hydrogen (secondary N) is 2. The van der Waals surface area contributed by atoms with E-state index in [0.717, 1.165) is 24.1 Å². The zero-order chi connectivity index (χ0) is 27.1. The molecule has 37 heavy (non-hydrogen) atoms. The van der Waals surface area contributed by atoms with Crippen LogP contribution in [-0.2, 0) is 14.3 Å². The highest BCUT2D eigenvalue weighted by Gasteiger charge is 2.24. The number of halogens is 2. The molecule has 9 nitrogen and oxygen atoms in total. The van der Waals surface area contributed by atoms with Gasteiger partial charge in [0.25, 0.3) is 0 Å². The van der Waals surface area contributed by atoms with Crippen LogP contribution in [0.5, 0.6) is 0 Å². The number of ketones is 1. The van der Waals surface area contributed by atoms with Gasteiger partial charge in [0.2, 0.25) is 5.78 Å². The first-order valence-electron chi connectivity index (χ1n) is 10.7. The zero-order valence-electron chi connectivity index (χ0n) is 19.8. The minimum Gasteiger partial charge on any atom is -0.469 e. The fraction of sp³-hybridized carbons (Fsp3) is 0.160. The van der Waals surface area contributed by atoms with Crippen molar-refractivity contribution in [2.45, 2.75) is 6.42 Å². The molecule has 0 saturated carbocycles. The summed E-state index contributed by atoms with van der Waals surface area (Å²) in [6.45, 7) is -0.127. The van der Waals surface area contributed by atoms with Crippen molar-refractivity contribution in [2.75, 3.05) is 30.4 Å². The Balaban J connectivity index is 1.82. The van der Waals surface area contributed by atoms with Gasteiger partial charge in [-0.05, 0) is 35.9 Å². The first-order valence-corrected chi connectivity index (χ1v) is 11.9. The van der Waals surface area contributed by atoms with Gasteiger partial charge in [0.15, 0.2) is 5.82 Å². The van der Waals surface area contributed by atoms with Gasteiger partial charge in [0.1, 0.15) is 29.6 Å². The summed E-state index contributed by atoms with van der Waals surface area (Å²) in [4.78, 5) is 40.2. The Kier molecular flexibility index (Phi) is 8.90. The summed E-state index contributed by atoms with van der Waals surface area (Å²) < 4.78 is 40.7. The maximum atomic E-state index is 14.8. The Morgan fingerprint density at radius 2 is 1.78 bits per heavy atom. The van der Waals surface area contributed by atoms with Gasteiger partial charge in [-0.25, -0.2) is 18.6 Å². The molecular formula is C25H22F2N4O5S. The SMILES string of the molecule is COC(=O)CCOC(=O)c1ccc(-c2cnc(N)c(C(=N)C(=O)c3ccc(F)c(NSC)c3F)c2)cc1. The Morgan fingerprint density at radius 1 is 1.08 bits per heavy atom. The standard InChI is InChI=1S/C25H22F2N4O5S/c1-35-19(32)9-10-36-25(34)14-5-3-13(4-6-14)15-11-17(24(29)30-12-15)21(28)23(33)16-7-8-18(26)22(20(16)27)31-37-2/h3-8,11-12,28,31H,9-10H2,1-2H3,(H2,29,30). The van der Waals surface area contributed by atoms with Crippen LogP contribution >= 0.6 is 11.9 Å². The Bertz CT molecular complexity index is 1370. The molecule has 1 aromatic heterocycles. The average molecular weight is 529 g/mol. The van der Waals surface area contributed by atoms with Crippen molar-refractivity contribution in [1.29, 1.82) is 5.41 Å². The van der Waals surface area contributed by atoms with E-state index in [1.807, 2.05) is 0 Å². The first kappa shape index (κ1) is 27.3. The summed E-state index contributed by atoms with van der Waals surface area (Å²) in [7, 11) is 1.23. The van der Waals surface area contributed by atoms with Gasteiger partial charge in [-0.3, -0.25) is 15.0 Å². The number of anilines is 2. The van der Waals surface area contributed by atoms with Crippen molar-refractivity contribution in [3.8, 4) is 11.1 Å². The highest BCUT2D eigenvalue weighted by Crippen LogP contribution is 2.27. The number of aromatic nitrogens is 1. The molecule has 0 fully saturated rings. The minimum absolute atomic E-state index is 0.0445. The van der Waals surface area contributed by atoms with Crippen LogP contribution in [0.2, 0.25) is 0 Å². The number of ether oxygens (including phenoxy) is 2. The lowest BCUT2D eigenvalue weighted by Crippen LogP contribution is -2.19. The topological polar surface area (TPSA) is 144 Å². The van der Waals surface area contributed by atoms with E-state index in [1.165, 1.54) is 31.5 Å². The van der Waals surface area contributed by atoms with E-state index in [9.17, 15) is 23.2 Å². The molecule has 4 N–H and O–H groups in total. The molecule has 0 aliphatic carbocycles. The first-order chi connectivity index (χ1) is 17.7. The number of carbonyl (C=O) groups excluding carboxylic acids is 3. The van der Waals surface area contributed by atoms with Gasteiger partial charge in [-0.15, -0.1) is 0 Å². The van der Waals surface area contributed by atoms with Crippen molar-refractivity contribution in [3.63, 3.8) is 0 Å². The highest BCUT2D eigenvalue weighted by atomic mass is 32.2. The molecule has 0 saturated heterocycles. The maximum absolute atomic E-state index is 14.8. The molecule has 0 radical (unpaired) electrons. The van der Waals surface area contributed by atoms with Gasteiger partial charge in [0, 0.05) is 23.6 Å². The summed E-state index contributed by atoms with van der Waals surface area (Å²) in [6, 6.07) is 9.52. The van der Waals surface area contributed by atoms with Crippen LogP contribution in [0.15, 0.2) is 48.7 Å². The monoisotopic (exact) mass is 528 g/mol. The predicted octanol–water partition coefficient (Wildman–Crippen LogP) is 4.27. The molecule has 3 aromatic rings. The molecule has 0 spiro atoms. The van der Waals surface area contributed by atoms with Crippen LogP contribution < -0.4 is 10.5 Å². The molecule has 2 aromatic carbocycles. The summed E-state index contributed by atoms with van der Waals surface area (Å²) in [5.74, 6) is -4.27. The summed E-state index contributed by atoms with van der Waals surface area (Å²) in [6.07, 6.45) is 2.91. The van der Waals surface area contributed by atoms with Gasteiger partial charge < -0.3 is 19.9 Å². The number of pyridine rings is 1. The second kappa shape index (κ2) is 12.1. The number of nitrogens with two attached hydrogens (primary N) is 1. The number of nitrogen functional groups attached to an aromatic ring is 1. The number of hydrogen-bond acceptors (Lipinski definition) is 10. The quantitative estimate of drug-likeness (QED) is 0.152. The summed E-state index contributed by atoms with van der Waals surface area (Å²) in [5, 5.41) is 8.35. The van der Waals surface area contributed by atoms with Crippen molar-refractivity contribution in [2.24, 2.45) is 0 Å². The largest absolute Gasteiger partial charge is 0.469 e.